The molecule has 2 rings (SSSR count). The lowest BCUT2D eigenvalue weighted by Crippen LogP contribution is -2.40. The molecule has 1 aromatic rings. The fourth-order valence-corrected chi connectivity index (χ4v) is 3.41. The average Bonchev–Trinajstić information content (AvgIpc) is 3.06. The van der Waals surface area contributed by atoms with Crippen LogP contribution in [0, 0.1) is 6.92 Å². The van der Waals surface area contributed by atoms with Crippen molar-refractivity contribution in [2.75, 3.05) is 34.4 Å². The van der Waals surface area contributed by atoms with E-state index in [4.69, 9.17) is 14.5 Å². The van der Waals surface area contributed by atoms with Crippen molar-refractivity contribution in [2.24, 2.45) is 4.99 Å². The number of aryl methyl sites for hydroxylation is 1. The fourth-order valence-electron chi connectivity index (χ4n) is 3.41. The second-order valence-electron chi connectivity index (χ2n) is 7.09. The summed E-state index contributed by atoms with van der Waals surface area (Å²) in [5, 5.41) is 13.9. The van der Waals surface area contributed by atoms with E-state index in [1.165, 1.54) is 0 Å². The Hall–Kier alpha value is -1.22. The SMILES string of the molecule is CCNC(=NCC1(O)CCCC1)N(C)Cc1cc(OC)c(OC)cc1C.I. The summed E-state index contributed by atoms with van der Waals surface area (Å²) in [6, 6.07) is 4.01. The van der Waals surface area contributed by atoms with Crippen molar-refractivity contribution in [1.82, 2.24) is 10.2 Å². The molecule has 0 aliphatic heterocycles. The number of benzene rings is 1. The highest BCUT2D eigenvalue weighted by molar-refractivity contribution is 14.0. The van der Waals surface area contributed by atoms with Gasteiger partial charge in [-0.3, -0.25) is 4.99 Å². The minimum atomic E-state index is -0.638. The van der Waals surface area contributed by atoms with E-state index in [-0.39, 0.29) is 24.0 Å². The van der Waals surface area contributed by atoms with E-state index in [0.29, 0.717) is 13.1 Å². The first kappa shape index (κ1) is 23.8. The number of aliphatic hydroxyl groups is 1. The molecule has 27 heavy (non-hydrogen) atoms. The van der Waals surface area contributed by atoms with Gasteiger partial charge in [-0.2, -0.15) is 0 Å². The third kappa shape index (κ3) is 6.41. The molecule has 7 heteroatoms. The number of nitrogens with zero attached hydrogens (tertiary/aromatic N) is 2. The van der Waals surface area contributed by atoms with Gasteiger partial charge in [-0.1, -0.05) is 12.8 Å². The Morgan fingerprint density at radius 1 is 1.22 bits per heavy atom. The lowest BCUT2D eigenvalue weighted by molar-refractivity contribution is 0.0572. The molecule has 0 saturated heterocycles. The average molecular weight is 491 g/mol. The van der Waals surface area contributed by atoms with Crippen molar-refractivity contribution in [3.8, 4) is 11.5 Å². The van der Waals surface area contributed by atoms with E-state index in [0.717, 1.165) is 60.8 Å². The van der Waals surface area contributed by atoms with Crippen LogP contribution < -0.4 is 14.8 Å². The van der Waals surface area contributed by atoms with Gasteiger partial charge >= 0.3 is 0 Å². The quantitative estimate of drug-likeness (QED) is 0.348. The van der Waals surface area contributed by atoms with Crippen LogP contribution in [0.3, 0.4) is 0 Å². The smallest absolute Gasteiger partial charge is 0.194 e. The molecule has 1 aromatic carbocycles. The molecular weight excluding hydrogens is 457 g/mol. The van der Waals surface area contributed by atoms with Crippen molar-refractivity contribution in [3.63, 3.8) is 0 Å². The van der Waals surface area contributed by atoms with E-state index in [2.05, 4.69) is 24.1 Å². The standard InChI is InChI=1S/C20H33N3O3.HI/c1-6-21-19(22-14-20(24)9-7-8-10-20)23(3)13-16-12-18(26-5)17(25-4)11-15(16)2;/h11-12,24H,6-10,13-14H2,1-5H3,(H,21,22);1H. The van der Waals surface area contributed by atoms with Crippen LogP contribution in [-0.2, 0) is 6.54 Å². The molecule has 0 atom stereocenters. The Bertz CT molecular complexity index is 631. The number of ether oxygens (including phenoxy) is 2. The summed E-state index contributed by atoms with van der Waals surface area (Å²) < 4.78 is 10.8. The molecule has 6 nitrogen and oxygen atoms in total. The van der Waals surface area contributed by atoms with Gasteiger partial charge in [0.1, 0.15) is 0 Å². The minimum absolute atomic E-state index is 0. The van der Waals surface area contributed by atoms with Crippen molar-refractivity contribution in [2.45, 2.75) is 51.7 Å². The number of hydrogen-bond acceptors (Lipinski definition) is 4. The normalized spacial score (nSPS) is 15.9. The Morgan fingerprint density at radius 2 is 1.81 bits per heavy atom. The van der Waals surface area contributed by atoms with Crippen molar-refractivity contribution >= 4 is 29.9 Å². The predicted octanol–water partition coefficient (Wildman–Crippen LogP) is 3.33. The largest absolute Gasteiger partial charge is 0.493 e. The molecule has 1 aliphatic carbocycles. The number of hydrogen-bond donors (Lipinski definition) is 2. The summed E-state index contributed by atoms with van der Waals surface area (Å²) in [4.78, 5) is 6.77. The minimum Gasteiger partial charge on any atom is -0.493 e. The van der Waals surface area contributed by atoms with Crippen LogP contribution in [0.15, 0.2) is 17.1 Å². The van der Waals surface area contributed by atoms with E-state index in [9.17, 15) is 5.11 Å². The third-order valence-corrected chi connectivity index (χ3v) is 5.00. The monoisotopic (exact) mass is 491 g/mol. The van der Waals surface area contributed by atoms with Crippen molar-refractivity contribution < 1.29 is 14.6 Å². The first-order valence-electron chi connectivity index (χ1n) is 9.35. The zero-order chi connectivity index (χ0) is 19.2. The third-order valence-electron chi connectivity index (χ3n) is 5.00. The fraction of sp³-hybridized carbons (Fsp3) is 0.650. The highest BCUT2D eigenvalue weighted by atomic mass is 127. The van der Waals surface area contributed by atoms with Gasteiger partial charge in [0.25, 0.3) is 0 Å². The molecule has 0 amide bonds. The Kier molecular flexibility index (Phi) is 9.66. The van der Waals surface area contributed by atoms with Crippen LogP contribution in [0.1, 0.15) is 43.7 Å². The van der Waals surface area contributed by atoms with Gasteiger partial charge in [-0.15, -0.1) is 24.0 Å². The molecule has 154 valence electrons. The molecule has 0 bridgehead atoms. The lowest BCUT2D eigenvalue weighted by Gasteiger charge is -2.26. The van der Waals surface area contributed by atoms with E-state index in [1.54, 1.807) is 14.2 Å². The van der Waals surface area contributed by atoms with Gasteiger partial charge in [-0.25, -0.2) is 0 Å². The lowest BCUT2D eigenvalue weighted by atomic mass is 10.0. The zero-order valence-corrected chi connectivity index (χ0v) is 19.5. The van der Waals surface area contributed by atoms with Crippen molar-refractivity contribution in [3.05, 3.63) is 23.3 Å². The molecule has 1 saturated carbocycles. The Labute approximate surface area is 180 Å². The summed E-state index contributed by atoms with van der Waals surface area (Å²) in [6.07, 6.45) is 3.86. The molecule has 1 fully saturated rings. The van der Waals surface area contributed by atoms with Crippen LogP contribution in [0.4, 0.5) is 0 Å². The number of guanidine groups is 1. The summed E-state index contributed by atoms with van der Waals surface area (Å²) in [5.41, 5.74) is 1.65. The van der Waals surface area contributed by atoms with Gasteiger partial charge in [0.15, 0.2) is 17.5 Å². The number of halogens is 1. The second-order valence-corrected chi connectivity index (χ2v) is 7.09. The zero-order valence-electron chi connectivity index (χ0n) is 17.2. The molecule has 0 aromatic heterocycles. The summed E-state index contributed by atoms with van der Waals surface area (Å²) >= 11 is 0. The molecule has 2 N–H and O–H groups in total. The number of rotatable bonds is 7. The molecule has 1 aliphatic rings. The highest BCUT2D eigenvalue weighted by Crippen LogP contribution is 2.31. The van der Waals surface area contributed by atoms with Crippen LogP contribution in [0.2, 0.25) is 0 Å². The molecule has 0 spiro atoms. The maximum absolute atomic E-state index is 10.6. The van der Waals surface area contributed by atoms with Crippen molar-refractivity contribution in [1.29, 1.82) is 0 Å². The van der Waals surface area contributed by atoms with Crippen LogP contribution in [0.5, 0.6) is 11.5 Å². The maximum atomic E-state index is 10.6. The van der Waals surface area contributed by atoms with Gasteiger partial charge in [-0.05, 0) is 49.9 Å². The van der Waals surface area contributed by atoms with Crippen LogP contribution in [0.25, 0.3) is 0 Å². The number of aliphatic imine (C=N–C) groups is 1. The summed E-state index contributed by atoms with van der Waals surface area (Å²) in [5.74, 6) is 2.27. The second kappa shape index (κ2) is 10.9. The summed E-state index contributed by atoms with van der Waals surface area (Å²) in [7, 11) is 5.30. The molecule has 0 heterocycles. The first-order valence-corrected chi connectivity index (χ1v) is 9.35. The van der Waals surface area contributed by atoms with Gasteiger partial charge in [0.05, 0.1) is 26.4 Å². The van der Waals surface area contributed by atoms with Gasteiger partial charge in [0, 0.05) is 20.1 Å². The van der Waals surface area contributed by atoms with Gasteiger partial charge < -0.3 is 24.8 Å². The Morgan fingerprint density at radius 3 is 2.37 bits per heavy atom. The molecule has 0 radical (unpaired) electrons. The predicted molar refractivity (Wildman–Crippen MR) is 121 cm³/mol. The molecule has 0 unspecified atom stereocenters. The van der Waals surface area contributed by atoms with Gasteiger partial charge in [0.2, 0.25) is 0 Å². The highest BCUT2D eigenvalue weighted by Gasteiger charge is 2.31. The summed E-state index contributed by atoms with van der Waals surface area (Å²) in [6.45, 7) is 6.04. The van der Waals surface area contributed by atoms with E-state index >= 15 is 0 Å². The number of nitrogens with one attached hydrogen (secondary N) is 1. The van der Waals surface area contributed by atoms with Crippen LogP contribution >= 0.6 is 24.0 Å². The van der Waals surface area contributed by atoms with E-state index < -0.39 is 5.60 Å². The Balaban J connectivity index is 0.00000364. The topological polar surface area (TPSA) is 66.3 Å². The first-order chi connectivity index (χ1) is 12.4. The van der Waals surface area contributed by atoms with E-state index in [1.807, 2.05) is 19.2 Å². The molecular formula is C20H34IN3O3. The number of methoxy groups -OCH3 is 2. The van der Waals surface area contributed by atoms with Crippen LogP contribution in [-0.4, -0.2) is 55.9 Å². The maximum Gasteiger partial charge on any atom is 0.194 e.